The number of hydrogen-bond acceptors (Lipinski definition) is 5. The first-order chi connectivity index (χ1) is 13.5. The molecule has 0 saturated carbocycles. The summed E-state index contributed by atoms with van der Waals surface area (Å²) in [6.45, 7) is 4.43. The molecule has 0 spiro atoms. The molecule has 0 fully saturated rings. The zero-order chi connectivity index (χ0) is 19.7. The lowest BCUT2D eigenvalue weighted by atomic mass is 10.1. The van der Waals surface area contributed by atoms with Crippen molar-refractivity contribution < 1.29 is 13.9 Å². The highest BCUT2D eigenvalue weighted by atomic mass is 32.1. The summed E-state index contributed by atoms with van der Waals surface area (Å²) in [6.07, 6.45) is 1.61. The summed E-state index contributed by atoms with van der Waals surface area (Å²) in [6, 6.07) is 14.9. The van der Waals surface area contributed by atoms with Crippen LogP contribution in [0.1, 0.15) is 27.2 Å². The van der Waals surface area contributed by atoms with Crippen LogP contribution in [0, 0.1) is 13.8 Å². The van der Waals surface area contributed by atoms with E-state index in [4.69, 9.17) is 14.1 Å². The Hall–Kier alpha value is -3.12. The third-order valence-electron chi connectivity index (χ3n) is 4.52. The Morgan fingerprint density at radius 2 is 1.96 bits per heavy atom. The quantitative estimate of drug-likeness (QED) is 0.459. The van der Waals surface area contributed by atoms with Gasteiger partial charge in [-0.25, -0.2) is 4.98 Å². The lowest BCUT2D eigenvalue weighted by Gasteiger charge is -2.19. The lowest BCUT2D eigenvalue weighted by molar-refractivity contribution is 0.0983. The normalized spacial score (nSPS) is 11.0. The van der Waals surface area contributed by atoms with Gasteiger partial charge in [0.2, 0.25) is 0 Å². The fraction of sp³-hybridized carbons (Fsp3) is 0.182. The monoisotopic (exact) mass is 392 g/mol. The SMILES string of the molecule is COc1ccc(C(=O)N(Cc2ccco2)c2nc3cc(C)cc(C)c3s2)cc1. The molecule has 2 aromatic carbocycles. The number of benzene rings is 2. The van der Waals surface area contributed by atoms with Crippen LogP contribution in [-0.2, 0) is 6.54 Å². The summed E-state index contributed by atoms with van der Waals surface area (Å²) in [4.78, 5) is 19.7. The molecule has 0 atom stereocenters. The molecule has 6 heteroatoms. The molecule has 28 heavy (non-hydrogen) atoms. The number of aromatic nitrogens is 1. The maximum Gasteiger partial charge on any atom is 0.260 e. The number of methoxy groups -OCH3 is 1. The van der Waals surface area contributed by atoms with Gasteiger partial charge in [-0.15, -0.1) is 0 Å². The topological polar surface area (TPSA) is 55.6 Å². The molecular formula is C22H20N2O3S. The third-order valence-corrected chi connectivity index (χ3v) is 5.75. The van der Waals surface area contributed by atoms with Gasteiger partial charge in [0.05, 0.1) is 30.1 Å². The number of furan rings is 1. The van der Waals surface area contributed by atoms with Crippen LogP contribution in [0.3, 0.4) is 0 Å². The van der Waals surface area contributed by atoms with Gasteiger partial charge in [0.1, 0.15) is 11.5 Å². The number of anilines is 1. The van der Waals surface area contributed by atoms with Crippen molar-refractivity contribution in [2.75, 3.05) is 12.0 Å². The van der Waals surface area contributed by atoms with Crippen LogP contribution >= 0.6 is 11.3 Å². The molecule has 2 aromatic heterocycles. The van der Waals surface area contributed by atoms with Crippen LogP contribution in [0.2, 0.25) is 0 Å². The summed E-state index contributed by atoms with van der Waals surface area (Å²) < 4.78 is 11.8. The van der Waals surface area contributed by atoms with E-state index >= 15 is 0 Å². The maximum absolute atomic E-state index is 13.3. The van der Waals surface area contributed by atoms with Crippen LogP contribution in [0.25, 0.3) is 10.2 Å². The first-order valence-electron chi connectivity index (χ1n) is 8.91. The third kappa shape index (κ3) is 3.51. The molecule has 0 aliphatic heterocycles. The van der Waals surface area contributed by atoms with Gasteiger partial charge in [-0.1, -0.05) is 17.4 Å². The van der Waals surface area contributed by atoms with Crippen molar-refractivity contribution in [3.8, 4) is 5.75 Å². The highest BCUT2D eigenvalue weighted by Crippen LogP contribution is 2.33. The number of aryl methyl sites for hydroxylation is 2. The van der Waals surface area contributed by atoms with Gasteiger partial charge in [-0.3, -0.25) is 9.69 Å². The number of hydrogen-bond donors (Lipinski definition) is 0. The highest BCUT2D eigenvalue weighted by molar-refractivity contribution is 7.22. The Kier molecular flexibility index (Phi) is 4.88. The van der Waals surface area contributed by atoms with E-state index in [1.807, 2.05) is 18.2 Å². The molecule has 4 rings (SSSR count). The number of rotatable bonds is 5. The number of thiazole rings is 1. The second kappa shape index (κ2) is 7.48. The fourth-order valence-corrected chi connectivity index (χ4v) is 4.17. The molecule has 0 saturated heterocycles. The Balaban J connectivity index is 1.76. The van der Waals surface area contributed by atoms with Crippen LogP contribution in [0.4, 0.5) is 5.13 Å². The van der Waals surface area contributed by atoms with Gasteiger partial charge in [0.15, 0.2) is 5.13 Å². The maximum atomic E-state index is 13.3. The molecule has 0 N–H and O–H groups in total. The van der Waals surface area contributed by atoms with Crippen LogP contribution < -0.4 is 9.64 Å². The Bertz CT molecular complexity index is 1110. The number of ether oxygens (including phenoxy) is 1. The predicted octanol–water partition coefficient (Wildman–Crippen LogP) is 5.36. The summed E-state index contributed by atoms with van der Waals surface area (Å²) >= 11 is 1.52. The Morgan fingerprint density at radius 1 is 1.18 bits per heavy atom. The van der Waals surface area contributed by atoms with Crippen molar-refractivity contribution >= 4 is 32.6 Å². The highest BCUT2D eigenvalue weighted by Gasteiger charge is 2.23. The van der Waals surface area contributed by atoms with Gasteiger partial charge in [-0.05, 0) is 67.4 Å². The molecular weight excluding hydrogens is 372 g/mol. The molecule has 142 valence electrons. The zero-order valence-corrected chi connectivity index (χ0v) is 16.7. The van der Waals surface area contributed by atoms with E-state index in [9.17, 15) is 4.79 Å². The van der Waals surface area contributed by atoms with Crippen molar-refractivity contribution in [1.82, 2.24) is 4.98 Å². The molecule has 2 heterocycles. The molecule has 4 aromatic rings. The van der Waals surface area contributed by atoms with Crippen LogP contribution in [0.15, 0.2) is 59.2 Å². The van der Waals surface area contributed by atoms with Gasteiger partial charge in [0.25, 0.3) is 5.91 Å². The molecule has 5 nitrogen and oxygen atoms in total. The van der Waals surface area contributed by atoms with Gasteiger partial charge < -0.3 is 9.15 Å². The fourth-order valence-electron chi connectivity index (χ4n) is 3.15. The van der Waals surface area contributed by atoms with E-state index in [1.54, 1.807) is 42.5 Å². The zero-order valence-electron chi connectivity index (χ0n) is 15.9. The first-order valence-corrected chi connectivity index (χ1v) is 9.73. The minimum Gasteiger partial charge on any atom is -0.497 e. The molecule has 0 radical (unpaired) electrons. The number of fused-ring (bicyclic) bond motifs is 1. The summed E-state index contributed by atoms with van der Waals surface area (Å²) in [5.74, 6) is 1.28. The lowest BCUT2D eigenvalue weighted by Crippen LogP contribution is -2.30. The van der Waals surface area contributed by atoms with Gasteiger partial charge in [-0.2, -0.15) is 0 Å². The summed E-state index contributed by atoms with van der Waals surface area (Å²) in [5, 5.41) is 0.654. The molecule has 0 bridgehead atoms. The van der Waals surface area contributed by atoms with E-state index in [1.165, 1.54) is 11.3 Å². The van der Waals surface area contributed by atoms with E-state index in [2.05, 4.69) is 19.9 Å². The van der Waals surface area contributed by atoms with E-state index in [-0.39, 0.29) is 5.91 Å². The van der Waals surface area contributed by atoms with Gasteiger partial charge in [0, 0.05) is 5.56 Å². The standard InChI is InChI=1S/C22H20N2O3S/c1-14-11-15(2)20-19(12-14)23-22(28-20)24(13-18-5-4-10-27-18)21(25)16-6-8-17(26-3)9-7-16/h4-12H,13H2,1-3H3. The van der Waals surface area contributed by atoms with E-state index in [0.29, 0.717) is 28.7 Å². The second-order valence-corrected chi connectivity index (χ2v) is 7.60. The predicted molar refractivity (Wildman–Crippen MR) is 111 cm³/mol. The first kappa shape index (κ1) is 18.3. The Morgan fingerprint density at radius 3 is 2.64 bits per heavy atom. The number of amides is 1. The smallest absolute Gasteiger partial charge is 0.260 e. The molecule has 1 amide bonds. The van der Waals surface area contributed by atoms with Crippen LogP contribution in [0.5, 0.6) is 5.75 Å². The molecule has 0 aliphatic carbocycles. The molecule has 0 unspecified atom stereocenters. The van der Waals surface area contributed by atoms with Gasteiger partial charge >= 0.3 is 0 Å². The number of nitrogens with zero attached hydrogens (tertiary/aromatic N) is 2. The Labute approximate surface area is 167 Å². The van der Waals surface area contributed by atoms with Crippen molar-refractivity contribution in [2.24, 2.45) is 0 Å². The van der Waals surface area contributed by atoms with Crippen molar-refractivity contribution in [3.05, 3.63) is 77.2 Å². The summed E-state index contributed by atoms with van der Waals surface area (Å²) in [5.41, 5.74) is 3.79. The summed E-state index contributed by atoms with van der Waals surface area (Å²) in [7, 11) is 1.60. The van der Waals surface area contributed by atoms with Crippen molar-refractivity contribution in [1.29, 1.82) is 0 Å². The second-order valence-electron chi connectivity index (χ2n) is 6.63. The largest absolute Gasteiger partial charge is 0.497 e. The van der Waals surface area contributed by atoms with Crippen molar-refractivity contribution in [2.45, 2.75) is 20.4 Å². The van der Waals surface area contributed by atoms with Crippen LogP contribution in [-0.4, -0.2) is 18.0 Å². The minimum atomic E-state index is -0.132. The van der Waals surface area contributed by atoms with E-state index in [0.717, 1.165) is 21.3 Å². The minimum absolute atomic E-state index is 0.132. The molecule has 0 aliphatic rings. The van der Waals surface area contributed by atoms with E-state index < -0.39 is 0 Å². The average Bonchev–Trinajstić information content (AvgIpc) is 3.35. The average molecular weight is 392 g/mol. The number of carbonyl (C=O) groups is 1. The number of carbonyl (C=O) groups excluding carboxylic acids is 1. The van der Waals surface area contributed by atoms with Crippen molar-refractivity contribution in [3.63, 3.8) is 0 Å².